The number of nitrogens with zero attached hydrogens (tertiary/aromatic N) is 2. The Morgan fingerprint density at radius 1 is 1.33 bits per heavy atom. The van der Waals surface area contributed by atoms with Crippen LogP contribution in [-0.2, 0) is 9.59 Å². The number of rotatable bonds is 6. The number of nitrogens with one attached hydrogen (secondary N) is 1. The summed E-state index contributed by atoms with van der Waals surface area (Å²) in [6.07, 6.45) is 1.28. The van der Waals surface area contributed by atoms with Crippen molar-refractivity contribution in [3.8, 4) is 5.75 Å². The summed E-state index contributed by atoms with van der Waals surface area (Å²) < 4.78 is 14.0. The molecular formula is C19H14FN3O5S2. The fraction of sp³-hybridized carbons (Fsp3) is 0.105. The van der Waals surface area contributed by atoms with E-state index in [4.69, 9.17) is 12.2 Å². The van der Waals surface area contributed by atoms with Gasteiger partial charge in [-0.2, -0.15) is 0 Å². The molecule has 1 aliphatic heterocycles. The Bertz CT molecular complexity index is 1090. The number of thioether (sulfide) groups is 1. The van der Waals surface area contributed by atoms with E-state index in [2.05, 4.69) is 5.32 Å². The third-order valence-electron chi connectivity index (χ3n) is 4.09. The minimum absolute atomic E-state index is 0.00966. The van der Waals surface area contributed by atoms with Crippen molar-refractivity contribution in [1.82, 2.24) is 4.90 Å². The van der Waals surface area contributed by atoms with Gasteiger partial charge in [0.05, 0.1) is 21.6 Å². The molecule has 0 saturated carbocycles. The molecule has 8 nitrogen and oxygen atoms in total. The second kappa shape index (κ2) is 9.01. The topological polar surface area (TPSA) is 113 Å². The van der Waals surface area contributed by atoms with Crippen LogP contribution in [0.3, 0.4) is 0 Å². The molecule has 0 aliphatic carbocycles. The zero-order chi connectivity index (χ0) is 21.8. The summed E-state index contributed by atoms with van der Waals surface area (Å²) in [4.78, 5) is 36.2. The molecule has 1 aliphatic rings. The molecule has 2 aromatic carbocycles. The highest BCUT2D eigenvalue weighted by Gasteiger charge is 2.32. The van der Waals surface area contributed by atoms with Gasteiger partial charge in [-0.05, 0) is 18.2 Å². The van der Waals surface area contributed by atoms with Crippen molar-refractivity contribution in [2.75, 3.05) is 11.9 Å². The molecule has 0 bridgehead atoms. The first kappa shape index (κ1) is 21.4. The Morgan fingerprint density at radius 2 is 2.07 bits per heavy atom. The highest BCUT2D eigenvalue weighted by molar-refractivity contribution is 8.26. The summed E-state index contributed by atoms with van der Waals surface area (Å²) in [6.45, 7) is -0.0150. The van der Waals surface area contributed by atoms with Crippen molar-refractivity contribution in [3.05, 3.63) is 68.9 Å². The number of halogens is 1. The van der Waals surface area contributed by atoms with Gasteiger partial charge in [0.1, 0.15) is 15.9 Å². The number of nitro groups is 1. The zero-order valence-corrected chi connectivity index (χ0v) is 16.8. The number of carbonyl (C=O) groups excluding carboxylic acids is 2. The van der Waals surface area contributed by atoms with Gasteiger partial charge in [-0.1, -0.05) is 42.2 Å². The molecule has 1 heterocycles. The number of hydrogen-bond donors (Lipinski definition) is 2. The Kier molecular flexibility index (Phi) is 6.43. The van der Waals surface area contributed by atoms with Gasteiger partial charge in [0.15, 0.2) is 0 Å². The van der Waals surface area contributed by atoms with Gasteiger partial charge in [0, 0.05) is 24.6 Å². The first-order chi connectivity index (χ1) is 14.3. The Labute approximate surface area is 179 Å². The quantitative estimate of drug-likeness (QED) is 0.228. The Balaban J connectivity index is 1.62. The minimum Gasteiger partial charge on any atom is -0.506 e. The second-order valence-electron chi connectivity index (χ2n) is 6.11. The minimum atomic E-state index is -0.671. The van der Waals surface area contributed by atoms with E-state index in [0.29, 0.717) is 0 Å². The second-order valence-corrected chi connectivity index (χ2v) is 7.79. The summed E-state index contributed by atoms with van der Waals surface area (Å²) >= 11 is 6.20. The van der Waals surface area contributed by atoms with Crippen LogP contribution < -0.4 is 5.32 Å². The van der Waals surface area contributed by atoms with Gasteiger partial charge in [-0.3, -0.25) is 24.6 Å². The molecule has 0 aromatic heterocycles. The van der Waals surface area contributed by atoms with Gasteiger partial charge in [-0.25, -0.2) is 4.39 Å². The number of nitro benzene ring substituents is 1. The van der Waals surface area contributed by atoms with Crippen LogP contribution in [0.2, 0.25) is 0 Å². The average molecular weight is 447 g/mol. The van der Waals surface area contributed by atoms with Crippen molar-refractivity contribution in [2.45, 2.75) is 6.42 Å². The summed E-state index contributed by atoms with van der Waals surface area (Å²) in [5, 5.41) is 22.9. The molecule has 0 unspecified atom stereocenters. The summed E-state index contributed by atoms with van der Waals surface area (Å²) in [5.74, 6) is -1.87. The van der Waals surface area contributed by atoms with E-state index in [0.717, 1.165) is 23.9 Å². The maximum atomic E-state index is 13.8. The van der Waals surface area contributed by atoms with Gasteiger partial charge < -0.3 is 10.4 Å². The molecule has 3 rings (SSSR count). The van der Waals surface area contributed by atoms with E-state index in [1.807, 2.05) is 0 Å². The lowest BCUT2D eigenvalue weighted by molar-refractivity contribution is -0.384. The number of benzene rings is 2. The predicted octanol–water partition coefficient (Wildman–Crippen LogP) is 3.67. The number of anilines is 1. The van der Waals surface area contributed by atoms with Crippen LogP contribution in [0, 0.1) is 15.9 Å². The van der Waals surface area contributed by atoms with Gasteiger partial charge in [0.25, 0.3) is 11.6 Å². The van der Waals surface area contributed by atoms with E-state index in [1.54, 1.807) is 12.1 Å². The highest BCUT2D eigenvalue weighted by atomic mass is 32.2. The molecule has 2 N–H and O–H groups in total. The van der Waals surface area contributed by atoms with Crippen LogP contribution in [0.15, 0.2) is 47.4 Å². The van der Waals surface area contributed by atoms with E-state index in [9.17, 15) is 29.2 Å². The first-order valence-corrected chi connectivity index (χ1v) is 9.76. The normalized spacial score (nSPS) is 15.0. The number of phenolic OH excluding ortho intramolecular Hbond substituents is 1. The van der Waals surface area contributed by atoms with Crippen LogP contribution in [0.4, 0.5) is 15.8 Å². The number of carbonyl (C=O) groups is 2. The molecule has 2 amide bonds. The fourth-order valence-corrected chi connectivity index (χ4v) is 3.89. The molecule has 30 heavy (non-hydrogen) atoms. The van der Waals surface area contributed by atoms with Crippen LogP contribution >= 0.6 is 24.0 Å². The number of aromatic hydroxyl groups is 1. The molecule has 1 saturated heterocycles. The molecular weight excluding hydrogens is 433 g/mol. The van der Waals surface area contributed by atoms with Crippen LogP contribution in [-0.4, -0.2) is 37.6 Å². The molecule has 0 spiro atoms. The average Bonchev–Trinajstić information content (AvgIpc) is 2.96. The lowest BCUT2D eigenvalue weighted by Crippen LogP contribution is -2.31. The van der Waals surface area contributed by atoms with Crippen molar-refractivity contribution in [1.29, 1.82) is 0 Å². The number of hydrogen-bond acceptors (Lipinski definition) is 7. The van der Waals surface area contributed by atoms with Crippen LogP contribution in [0.5, 0.6) is 5.75 Å². The number of phenols is 1. The Hall–Kier alpha value is -3.31. The van der Waals surface area contributed by atoms with Crippen molar-refractivity contribution < 1.29 is 24.0 Å². The van der Waals surface area contributed by atoms with E-state index < -0.39 is 28.3 Å². The Morgan fingerprint density at radius 3 is 2.73 bits per heavy atom. The molecule has 11 heteroatoms. The molecule has 1 fully saturated rings. The third-order valence-corrected chi connectivity index (χ3v) is 5.47. The van der Waals surface area contributed by atoms with E-state index in [-0.39, 0.29) is 39.1 Å². The zero-order valence-electron chi connectivity index (χ0n) is 15.2. The molecule has 2 aromatic rings. The predicted molar refractivity (Wildman–Crippen MR) is 114 cm³/mol. The monoisotopic (exact) mass is 447 g/mol. The van der Waals surface area contributed by atoms with Gasteiger partial charge >= 0.3 is 0 Å². The summed E-state index contributed by atoms with van der Waals surface area (Å²) in [6, 6.07) is 9.28. The summed E-state index contributed by atoms with van der Waals surface area (Å²) in [5.41, 5.74) is -0.0514. The van der Waals surface area contributed by atoms with E-state index >= 15 is 0 Å². The highest BCUT2D eigenvalue weighted by Crippen LogP contribution is 2.33. The number of amides is 2. The molecule has 154 valence electrons. The van der Waals surface area contributed by atoms with E-state index in [1.165, 1.54) is 29.2 Å². The maximum Gasteiger partial charge on any atom is 0.273 e. The van der Waals surface area contributed by atoms with Gasteiger partial charge in [-0.15, -0.1) is 0 Å². The molecule has 0 atom stereocenters. The number of non-ortho nitro benzene ring substituents is 1. The smallest absolute Gasteiger partial charge is 0.273 e. The fourth-order valence-electron chi connectivity index (χ4n) is 2.59. The lowest BCUT2D eigenvalue weighted by atomic mass is 10.2. The SMILES string of the molecule is O=C(CCN1C(=O)C(=Cc2ccccc2F)SC1=S)Nc1ccc([N+](=O)[O-])cc1O. The van der Waals surface area contributed by atoms with Gasteiger partial charge in [0.2, 0.25) is 5.91 Å². The van der Waals surface area contributed by atoms with Crippen molar-refractivity contribution in [3.63, 3.8) is 0 Å². The lowest BCUT2D eigenvalue weighted by Gasteiger charge is -2.14. The van der Waals surface area contributed by atoms with Crippen LogP contribution in [0.1, 0.15) is 12.0 Å². The maximum absolute atomic E-state index is 13.8. The van der Waals surface area contributed by atoms with Crippen LogP contribution in [0.25, 0.3) is 6.08 Å². The van der Waals surface area contributed by atoms with Crippen molar-refractivity contribution in [2.24, 2.45) is 0 Å². The largest absolute Gasteiger partial charge is 0.506 e. The third kappa shape index (κ3) is 4.81. The summed E-state index contributed by atoms with van der Waals surface area (Å²) in [7, 11) is 0. The molecule has 0 radical (unpaired) electrons. The standard InChI is InChI=1S/C19H14FN3O5S2/c20-13-4-2-1-3-11(13)9-16-18(26)22(19(29)30-16)8-7-17(25)21-14-6-5-12(23(27)28)10-15(14)24/h1-6,9-10,24H,7-8H2,(H,21,25). The van der Waals surface area contributed by atoms with Crippen molar-refractivity contribution >= 4 is 57.6 Å². The first-order valence-electron chi connectivity index (χ1n) is 8.53. The number of thiocarbonyl (C=S) groups is 1.